The second-order valence-electron chi connectivity index (χ2n) is 7.01. The summed E-state index contributed by atoms with van der Waals surface area (Å²) >= 11 is 0. The number of Topliss-reactive ketones (excluding diaryl/α,β-unsaturated/α-hetero) is 1. The Bertz CT molecular complexity index is 933. The molecule has 7 heteroatoms. The van der Waals surface area contributed by atoms with Crippen LogP contribution in [0.4, 0.5) is 10.5 Å². The number of carbonyl (C=O) groups excluding carboxylic acids is 2. The van der Waals surface area contributed by atoms with E-state index in [0.717, 1.165) is 37.4 Å². The van der Waals surface area contributed by atoms with Gasteiger partial charge in [0.15, 0.2) is 5.78 Å². The highest BCUT2D eigenvalue weighted by Gasteiger charge is 2.30. The Kier molecular flexibility index (Phi) is 5.48. The number of benzene rings is 2. The van der Waals surface area contributed by atoms with Crippen molar-refractivity contribution in [2.75, 3.05) is 38.2 Å². The molecule has 2 aromatic carbocycles. The van der Waals surface area contributed by atoms with Gasteiger partial charge in [-0.2, -0.15) is 0 Å². The van der Waals surface area contributed by atoms with Crippen LogP contribution in [0.2, 0.25) is 0 Å². The predicted molar refractivity (Wildman–Crippen MR) is 111 cm³/mol. The van der Waals surface area contributed by atoms with Gasteiger partial charge in [0.1, 0.15) is 5.75 Å². The number of rotatable bonds is 5. The van der Waals surface area contributed by atoms with Crippen LogP contribution in [0.3, 0.4) is 0 Å². The Labute approximate surface area is 169 Å². The van der Waals surface area contributed by atoms with E-state index in [4.69, 9.17) is 4.74 Å². The molecular weight excluding hydrogens is 368 g/mol. The molecule has 2 aliphatic heterocycles. The number of ether oxygens (including phenoxy) is 1. The number of ketones is 1. The van der Waals surface area contributed by atoms with E-state index in [9.17, 15) is 9.59 Å². The summed E-state index contributed by atoms with van der Waals surface area (Å²) in [6, 6.07) is 14.1. The van der Waals surface area contributed by atoms with Crippen LogP contribution >= 0.6 is 0 Å². The van der Waals surface area contributed by atoms with E-state index < -0.39 is 6.04 Å². The number of hydrogen-bond acceptors (Lipinski definition) is 5. The lowest BCUT2D eigenvalue weighted by Crippen LogP contribution is -2.43. The summed E-state index contributed by atoms with van der Waals surface area (Å²) < 4.78 is 5.43. The highest BCUT2D eigenvalue weighted by atomic mass is 16.5. The second kappa shape index (κ2) is 8.36. The van der Waals surface area contributed by atoms with E-state index in [1.54, 1.807) is 7.11 Å². The molecular formula is C22H24N4O3. The van der Waals surface area contributed by atoms with Gasteiger partial charge in [0.2, 0.25) is 0 Å². The van der Waals surface area contributed by atoms with Gasteiger partial charge in [-0.15, -0.1) is 0 Å². The van der Waals surface area contributed by atoms with Gasteiger partial charge in [-0.05, 0) is 30.3 Å². The lowest BCUT2D eigenvalue weighted by atomic mass is 9.91. The Morgan fingerprint density at radius 2 is 1.79 bits per heavy atom. The molecule has 2 aromatic rings. The largest absolute Gasteiger partial charge is 0.496 e. The van der Waals surface area contributed by atoms with Crippen molar-refractivity contribution in [3.63, 3.8) is 0 Å². The normalized spacial score (nSPS) is 19.1. The molecule has 7 nitrogen and oxygen atoms in total. The number of hydrogen-bond donors (Lipinski definition) is 3. The number of carbonyl (C=O) groups is 2. The molecule has 0 radical (unpaired) electrons. The van der Waals surface area contributed by atoms with Gasteiger partial charge < -0.3 is 25.6 Å². The van der Waals surface area contributed by atoms with E-state index in [1.807, 2.05) is 48.5 Å². The van der Waals surface area contributed by atoms with E-state index in [2.05, 4.69) is 20.9 Å². The van der Waals surface area contributed by atoms with Crippen LogP contribution in [0.15, 0.2) is 60.3 Å². The maximum Gasteiger partial charge on any atom is 0.319 e. The number of para-hydroxylation sites is 1. The number of urea groups is 1. The van der Waals surface area contributed by atoms with Crippen molar-refractivity contribution in [3.8, 4) is 5.75 Å². The zero-order valence-electron chi connectivity index (χ0n) is 16.3. The number of nitrogens with zero attached hydrogens (tertiary/aromatic N) is 1. The number of nitrogens with one attached hydrogen (secondary N) is 3. The van der Waals surface area contributed by atoms with Crippen LogP contribution in [-0.2, 0) is 0 Å². The van der Waals surface area contributed by atoms with Crippen molar-refractivity contribution in [2.45, 2.75) is 6.04 Å². The summed E-state index contributed by atoms with van der Waals surface area (Å²) in [6.07, 6.45) is 1.49. The third-order valence-corrected chi connectivity index (χ3v) is 5.27. The van der Waals surface area contributed by atoms with Gasteiger partial charge in [-0.1, -0.05) is 18.2 Å². The highest BCUT2D eigenvalue weighted by molar-refractivity contribution is 6.10. The summed E-state index contributed by atoms with van der Waals surface area (Å²) in [4.78, 5) is 27.5. The molecule has 4 rings (SSSR count). The molecule has 0 bridgehead atoms. The zero-order valence-corrected chi connectivity index (χ0v) is 16.3. The van der Waals surface area contributed by atoms with Crippen LogP contribution in [0.5, 0.6) is 5.75 Å². The van der Waals surface area contributed by atoms with Crippen LogP contribution < -0.4 is 25.6 Å². The average Bonchev–Trinajstić information content (AvgIpc) is 2.79. The Morgan fingerprint density at radius 3 is 2.52 bits per heavy atom. The van der Waals surface area contributed by atoms with Crippen molar-refractivity contribution in [1.29, 1.82) is 0 Å². The van der Waals surface area contributed by atoms with Gasteiger partial charge in [-0.25, -0.2) is 4.79 Å². The molecule has 2 heterocycles. The van der Waals surface area contributed by atoms with E-state index in [-0.39, 0.29) is 11.8 Å². The average molecular weight is 392 g/mol. The monoisotopic (exact) mass is 392 g/mol. The third kappa shape index (κ3) is 3.95. The SMILES string of the molecule is COc1ccccc1C1NC(=O)NC=C1C(=O)c1ccc(N2CCNCC2)cc1. The maximum atomic E-state index is 13.3. The van der Waals surface area contributed by atoms with Crippen LogP contribution in [0.25, 0.3) is 0 Å². The number of methoxy groups -OCH3 is 1. The Morgan fingerprint density at radius 1 is 1.07 bits per heavy atom. The zero-order chi connectivity index (χ0) is 20.2. The van der Waals surface area contributed by atoms with Crippen molar-refractivity contribution in [3.05, 3.63) is 71.4 Å². The van der Waals surface area contributed by atoms with Gasteiger partial charge >= 0.3 is 6.03 Å². The summed E-state index contributed by atoms with van der Waals surface area (Å²) in [5.74, 6) is 0.479. The first-order valence-corrected chi connectivity index (χ1v) is 9.68. The highest BCUT2D eigenvalue weighted by Crippen LogP contribution is 2.32. The summed E-state index contributed by atoms with van der Waals surface area (Å²) in [5, 5.41) is 8.77. The van der Waals surface area contributed by atoms with Gasteiger partial charge in [0, 0.05) is 54.8 Å². The Hall–Kier alpha value is -3.32. The van der Waals surface area contributed by atoms with Crippen LogP contribution in [0.1, 0.15) is 22.0 Å². The van der Waals surface area contributed by atoms with Gasteiger partial charge in [0.25, 0.3) is 0 Å². The van der Waals surface area contributed by atoms with Gasteiger partial charge in [0.05, 0.1) is 13.2 Å². The fourth-order valence-electron chi connectivity index (χ4n) is 3.74. The Balaban J connectivity index is 1.61. The van der Waals surface area contributed by atoms with E-state index in [0.29, 0.717) is 16.9 Å². The minimum atomic E-state index is -0.583. The molecule has 0 spiro atoms. The molecule has 150 valence electrons. The van der Waals surface area contributed by atoms with Gasteiger partial charge in [-0.3, -0.25) is 4.79 Å². The molecule has 0 aliphatic carbocycles. The first-order chi connectivity index (χ1) is 14.2. The number of anilines is 1. The first-order valence-electron chi connectivity index (χ1n) is 9.68. The van der Waals surface area contributed by atoms with Crippen molar-refractivity contribution >= 4 is 17.5 Å². The molecule has 2 amide bonds. The molecule has 2 aliphatic rings. The lowest BCUT2D eigenvalue weighted by Gasteiger charge is -2.29. The summed E-state index contributed by atoms with van der Waals surface area (Å²) in [6.45, 7) is 3.81. The quantitative estimate of drug-likeness (QED) is 0.680. The van der Waals surface area contributed by atoms with Crippen LogP contribution in [0, 0.1) is 0 Å². The molecule has 1 saturated heterocycles. The van der Waals surface area contributed by atoms with Crippen molar-refractivity contribution < 1.29 is 14.3 Å². The van der Waals surface area contributed by atoms with E-state index in [1.165, 1.54) is 6.20 Å². The van der Waals surface area contributed by atoms with Crippen molar-refractivity contribution in [1.82, 2.24) is 16.0 Å². The fourth-order valence-corrected chi connectivity index (χ4v) is 3.74. The molecule has 0 saturated carbocycles. The maximum absolute atomic E-state index is 13.3. The molecule has 1 atom stereocenters. The fraction of sp³-hybridized carbons (Fsp3) is 0.273. The topological polar surface area (TPSA) is 82.7 Å². The molecule has 29 heavy (non-hydrogen) atoms. The number of amides is 2. The van der Waals surface area contributed by atoms with Crippen molar-refractivity contribution in [2.24, 2.45) is 0 Å². The first kappa shape index (κ1) is 19.0. The number of piperazine rings is 1. The summed E-state index contributed by atoms with van der Waals surface area (Å²) in [5.41, 5.74) is 2.88. The second-order valence-corrected chi connectivity index (χ2v) is 7.01. The smallest absolute Gasteiger partial charge is 0.319 e. The minimum Gasteiger partial charge on any atom is -0.496 e. The summed E-state index contributed by atoms with van der Waals surface area (Å²) in [7, 11) is 1.57. The predicted octanol–water partition coefficient (Wildman–Crippen LogP) is 2.23. The van der Waals surface area contributed by atoms with Crippen LogP contribution in [-0.4, -0.2) is 45.1 Å². The standard InChI is InChI=1S/C22H24N4O3/c1-29-19-5-3-2-4-17(19)20-18(14-24-22(28)25-20)21(27)15-6-8-16(9-7-15)26-12-10-23-11-13-26/h2-9,14,20,23H,10-13H2,1H3,(H2,24,25,28). The lowest BCUT2D eigenvalue weighted by molar-refractivity contribution is 0.102. The van der Waals surface area contributed by atoms with E-state index >= 15 is 0 Å². The molecule has 0 aromatic heterocycles. The molecule has 1 unspecified atom stereocenters. The third-order valence-electron chi connectivity index (χ3n) is 5.27. The minimum absolute atomic E-state index is 0.139. The molecule has 1 fully saturated rings. The molecule has 3 N–H and O–H groups in total.